The molecular weight excluding hydrogens is 264 g/mol. The average Bonchev–Trinajstić information content (AvgIpc) is 2.91. The van der Waals surface area contributed by atoms with Gasteiger partial charge in [-0.1, -0.05) is 0 Å². The summed E-state index contributed by atoms with van der Waals surface area (Å²) in [5.41, 5.74) is 0. The number of hydrogen-bond donors (Lipinski definition) is 0. The number of hydrogen-bond acceptors (Lipinski definition) is 6. The van der Waals surface area contributed by atoms with Gasteiger partial charge < -0.3 is 28.4 Å². The predicted molar refractivity (Wildman–Crippen MR) is 69.0 cm³/mol. The first-order valence-electron chi connectivity index (χ1n) is 7.26. The van der Waals surface area contributed by atoms with Gasteiger partial charge in [-0.15, -0.1) is 0 Å². The zero-order valence-corrected chi connectivity index (χ0v) is 12.8. The Hall–Kier alpha value is -0.240. The van der Waals surface area contributed by atoms with E-state index >= 15 is 0 Å². The largest absolute Gasteiger partial charge is 0.373 e. The van der Waals surface area contributed by atoms with E-state index in [2.05, 4.69) is 0 Å². The van der Waals surface area contributed by atoms with E-state index in [-0.39, 0.29) is 24.4 Å². The molecule has 3 rings (SSSR count). The first-order valence-corrected chi connectivity index (χ1v) is 7.26. The molecule has 20 heavy (non-hydrogen) atoms. The van der Waals surface area contributed by atoms with Crippen molar-refractivity contribution in [2.75, 3.05) is 13.2 Å². The average molecular weight is 288 g/mol. The van der Waals surface area contributed by atoms with E-state index in [1.807, 2.05) is 34.6 Å². The zero-order chi connectivity index (χ0) is 14.5. The van der Waals surface area contributed by atoms with E-state index in [9.17, 15) is 0 Å². The summed E-state index contributed by atoms with van der Waals surface area (Å²) >= 11 is 0. The minimum Gasteiger partial charge on any atom is -0.373 e. The molecule has 1 unspecified atom stereocenters. The van der Waals surface area contributed by atoms with Crippen LogP contribution >= 0.6 is 0 Å². The van der Waals surface area contributed by atoms with Crippen LogP contribution < -0.4 is 0 Å². The second-order valence-electron chi connectivity index (χ2n) is 6.36. The SMILES string of the molecule is CCO[C@@H]1[C@H]2OC(C)(C)O[C@H]2O[C@@H]1C1COC(C)(C)O1. The van der Waals surface area contributed by atoms with Gasteiger partial charge in [-0.25, -0.2) is 0 Å². The third-order valence-corrected chi connectivity index (χ3v) is 3.78. The Labute approximate surface area is 119 Å². The van der Waals surface area contributed by atoms with Crippen molar-refractivity contribution in [1.29, 1.82) is 0 Å². The number of fused-ring (bicyclic) bond motifs is 1. The molecule has 0 aliphatic carbocycles. The van der Waals surface area contributed by atoms with Gasteiger partial charge in [-0.3, -0.25) is 0 Å². The highest BCUT2D eigenvalue weighted by Gasteiger charge is 2.58. The Morgan fingerprint density at radius 2 is 1.75 bits per heavy atom. The standard InChI is InChI=1S/C14H24O6/c1-6-15-10-9(8-7-16-13(2,3)18-8)17-12-11(10)19-14(4,5)20-12/h8-12H,6-7H2,1-5H3/t8?,9-,10+,11-,12-/m1/s1. The van der Waals surface area contributed by atoms with Gasteiger partial charge in [0, 0.05) is 6.61 Å². The van der Waals surface area contributed by atoms with Crippen molar-refractivity contribution in [2.24, 2.45) is 0 Å². The molecule has 0 spiro atoms. The minimum atomic E-state index is -0.637. The summed E-state index contributed by atoms with van der Waals surface area (Å²) < 4.78 is 35.0. The van der Waals surface area contributed by atoms with Crippen LogP contribution in [0.1, 0.15) is 34.6 Å². The second-order valence-corrected chi connectivity index (χ2v) is 6.36. The molecular formula is C14H24O6. The van der Waals surface area contributed by atoms with Crippen LogP contribution in [0.5, 0.6) is 0 Å². The third kappa shape index (κ3) is 2.61. The summed E-state index contributed by atoms with van der Waals surface area (Å²) in [6.45, 7) is 10.6. The van der Waals surface area contributed by atoms with Crippen molar-refractivity contribution >= 4 is 0 Å². The van der Waals surface area contributed by atoms with Gasteiger partial charge >= 0.3 is 0 Å². The van der Waals surface area contributed by atoms with Gasteiger partial charge in [0.2, 0.25) is 0 Å². The van der Waals surface area contributed by atoms with Gasteiger partial charge in [0.1, 0.15) is 24.4 Å². The van der Waals surface area contributed by atoms with Gasteiger partial charge in [-0.05, 0) is 34.6 Å². The first kappa shape index (κ1) is 14.7. The summed E-state index contributed by atoms with van der Waals surface area (Å²) in [7, 11) is 0. The zero-order valence-electron chi connectivity index (χ0n) is 12.8. The molecule has 116 valence electrons. The molecule has 3 aliphatic heterocycles. The van der Waals surface area contributed by atoms with E-state index in [4.69, 9.17) is 28.4 Å². The van der Waals surface area contributed by atoms with Crippen LogP contribution in [0.2, 0.25) is 0 Å². The van der Waals surface area contributed by atoms with Crippen molar-refractivity contribution in [2.45, 2.75) is 76.9 Å². The molecule has 0 bridgehead atoms. The van der Waals surface area contributed by atoms with E-state index in [1.54, 1.807) is 0 Å². The summed E-state index contributed by atoms with van der Waals surface area (Å²) in [6, 6.07) is 0. The fourth-order valence-corrected chi connectivity index (χ4v) is 3.06. The van der Waals surface area contributed by atoms with Crippen molar-refractivity contribution < 1.29 is 28.4 Å². The molecule has 3 aliphatic rings. The maximum absolute atomic E-state index is 5.99. The normalized spacial score (nSPS) is 45.8. The van der Waals surface area contributed by atoms with E-state index < -0.39 is 17.9 Å². The van der Waals surface area contributed by atoms with E-state index in [0.29, 0.717) is 13.2 Å². The molecule has 5 atom stereocenters. The van der Waals surface area contributed by atoms with Crippen molar-refractivity contribution in [3.8, 4) is 0 Å². The summed E-state index contributed by atoms with van der Waals surface area (Å²) in [5.74, 6) is -1.22. The molecule has 0 amide bonds. The maximum atomic E-state index is 5.99. The Morgan fingerprint density at radius 1 is 1.00 bits per heavy atom. The van der Waals surface area contributed by atoms with Crippen molar-refractivity contribution in [1.82, 2.24) is 0 Å². The number of rotatable bonds is 3. The summed E-state index contributed by atoms with van der Waals surface area (Å²) in [5, 5.41) is 0. The fourth-order valence-electron chi connectivity index (χ4n) is 3.06. The van der Waals surface area contributed by atoms with Gasteiger partial charge in [0.15, 0.2) is 17.9 Å². The highest BCUT2D eigenvalue weighted by Crippen LogP contribution is 2.41. The lowest BCUT2D eigenvalue weighted by Crippen LogP contribution is -2.44. The third-order valence-electron chi connectivity index (χ3n) is 3.78. The fraction of sp³-hybridized carbons (Fsp3) is 1.00. The number of ether oxygens (including phenoxy) is 6. The van der Waals surface area contributed by atoms with Gasteiger partial charge in [0.25, 0.3) is 0 Å². The Balaban J connectivity index is 1.73. The van der Waals surface area contributed by atoms with Crippen LogP contribution in [0, 0.1) is 0 Å². The molecule has 3 heterocycles. The van der Waals surface area contributed by atoms with Crippen LogP contribution in [0.15, 0.2) is 0 Å². The minimum absolute atomic E-state index is 0.164. The van der Waals surface area contributed by atoms with Crippen LogP contribution in [0.25, 0.3) is 0 Å². The molecule has 0 radical (unpaired) electrons. The monoisotopic (exact) mass is 288 g/mol. The Kier molecular flexibility index (Phi) is 3.60. The van der Waals surface area contributed by atoms with Gasteiger partial charge in [0.05, 0.1) is 6.61 Å². The Morgan fingerprint density at radius 3 is 2.35 bits per heavy atom. The molecule has 0 saturated carbocycles. The lowest BCUT2D eigenvalue weighted by atomic mass is 10.1. The molecule has 6 nitrogen and oxygen atoms in total. The summed E-state index contributed by atoms with van der Waals surface area (Å²) in [6.07, 6.45) is -1.22. The Bertz CT molecular complexity index is 369. The molecule has 3 fully saturated rings. The second kappa shape index (κ2) is 4.90. The van der Waals surface area contributed by atoms with Gasteiger partial charge in [-0.2, -0.15) is 0 Å². The molecule has 0 aromatic carbocycles. The maximum Gasteiger partial charge on any atom is 0.190 e. The molecule has 0 aromatic heterocycles. The molecule has 0 aromatic rings. The lowest BCUT2D eigenvalue weighted by molar-refractivity contribution is -0.235. The molecule has 0 N–H and O–H groups in total. The summed E-state index contributed by atoms with van der Waals surface area (Å²) in [4.78, 5) is 0. The van der Waals surface area contributed by atoms with Crippen molar-refractivity contribution in [3.05, 3.63) is 0 Å². The highest BCUT2D eigenvalue weighted by atomic mass is 16.8. The predicted octanol–water partition coefficient (Wildman–Crippen LogP) is 1.42. The molecule has 3 saturated heterocycles. The van der Waals surface area contributed by atoms with E-state index in [0.717, 1.165) is 0 Å². The van der Waals surface area contributed by atoms with Crippen LogP contribution in [-0.2, 0) is 28.4 Å². The lowest BCUT2D eigenvalue weighted by Gasteiger charge is -2.28. The first-order chi connectivity index (χ1) is 9.31. The van der Waals surface area contributed by atoms with Crippen LogP contribution in [0.3, 0.4) is 0 Å². The van der Waals surface area contributed by atoms with Crippen LogP contribution in [-0.4, -0.2) is 55.5 Å². The van der Waals surface area contributed by atoms with Crippen LogP contribution in [0.4, 0.5) is 0 Å². The van der Waals surface area contributed by atoms with E-state index in [1.165, 1.54) is 0 Å². The van der Waals surface area contributed by atoms with Crippen molar-refractivity contribution in [3.63, 3.8) is 0 Å². The molecule has 6 heteroatoms. The topological polar surface area (TPSA) is 55.4 Å². The smallest absolute Gasteiger partial charge is 0.190 e. The highest BCUT2D eigenvalue weighted by molar-refractivity contribution is 4.98. The quantitative estimate of drug-likeness (QED) is 0.783.